The van der Waals surface area contributed by atoms with Crippen LogP contribution in [0.25, 0.3) is 0 Å². The van der Waals surface area contributed by atoms with Crippen LogP contribution in [-0.4, -0.2) is 18.0 Å². The molecule has 0 aliphatic carbocycles. The Balaban J connectivity index is 4.88. The summed E-state index contributed by atoms with van der Waals surface area (Å²) < 4.78 is 15.5. The molecule has 0 saturated heterocycles. The average Bonchev–Trinajstić information content (AvgIpc) is 2.17. The number of hydrogen-bond acceptors (Lipinski definition) is 4. The Bertz CT molecular complexity index is 242. The van der Waals surface area contributed by atoms with E-state index in [-0.39, 0.29) is 0 Å². The van der Waals surface area contributed by atoms with E-state index in [0.29, 0.717) is 6.42 Å². The van der Waals surface area contributed by atoms with Crippen LogP contribution >= 0.6 is 0 Å². The van der Waals surface area contributed by atoms with Gasteiger partial charge in [0.15, 0.2) is 6.10 Å². The third-order valence-corrected chi connectivity index (χ3v) is 2.08. The minimum atomic E-state index is -1.12. The zero-order valence-electron chi connectivity index (χ0n) is 9.77. The van der Waals surface area contributed by atoms with Crippen molar-refractivity contribution in [2.45, 2.75) is 38.6 Å². The smallest absolute Gasteiger partial charge is 0.405 e. The van der Waals surface area contributed by atoms with Crippen LogP contribution in [0.15, 0.2) is 25.7 Å². The molecule has 0 radical (unpaired) electrons. The van der Waals surface area contributed by atoms with E-state index in [1.807, 2.05) is 6.92 Å². The molecule has 5 nitrogen and oxygen atoms in total. The summed E-state index contributed by atoms with van der Waals surface area (Å²) in [6, 6.07) is 0. The van der Waals surface area contributed by atoms with Crippen molar-refractivity contribution in [1.29, 1.82) is 0 Å². The molecule has 5 heteroatoms. The van der Waals surface area contributed by atoms with E-state index in [1.54, 1.807) is 6.92 Å². The number of carbonyl (C=O) groups excluding carboxylic acids is 1. The fourth-order valence-corrected chi connectivity index (χ4v) is 1.44. The zero-order valence-corrected chi connectivity index (χ0v) is 9.77. The molecule has 2 N–H and O–H groups in total. The van der Waals surface area contributed by atoms with Crippen LogP contribution in [0.4, 0.5) is 4.79 Å². The standard InChI is InChI=1S/C11H19NO4/c1-5-8-11(14-6-2,15-7-3)9(4)16-10(12)13/h6-7,9H,2-3,5,8H2,1,4H3,(H2,12,13). The topological polar surface area (TPSA) is 70.8 Å². The van der Waals surface area contributed by atoms with Gasteiger partial charge in [0.1, 0.15) is 0 Å². The summed E-state index contributed by atoms with van der Waals surface area (Å²) >= 11 is 0. The largest absolute Gasteiger partial charge is 0.457 e. The first-order valence-corrected chi connectivity index (χ1v) is 5.06. The van der Waals surface area contributed by atoms with E-state index in [9.17, 15) is 4.79 Å². The Morgan fingerprint density at radius 1 is 1.44 bits per heavy atom. The van der Waals surface area contributed by atoms with Crippen LogP contribution in [0.5, 0.6) is 0 Å². The van der Waals surface area contributed by atoms with Crippen LogP contribution in [-0.2, 0) is 14.2 Å². The Labute approximate surface area is 95.9 Å². The third kappa shape index (κ3) is 3.84. The molecule has 1 amide bonds. The fraction of sp³-hybridized carbons (Fsp3) is 0.545. The number of rotatable bonds is 8. The summed E-state index contributed by atoms with van der Waals surface area (Å²) in [5.74, 6) is -1.12. The molecule has 16 heavy (non-hydrogen) atoms. The maximum atomic E-state index is 10.7. The molecular formula is C11H19NO4. The predicted molar refractivity (Wildman–Crippen MR) is 60.3 cm³/mol. The number of nitrogens with two attached hydrogens (primary N) is 1. The normalized spacial score (nSPS) is 12.4. The Morgan fingerprint density at radius 2 is 1.94 bits per heavy atom. The molecule has 0 aromatic carbocycles. The first kappa shape index (κ1) is 14.3. The van der Waals surface area contributed by atoms with Crippen molar-refractivity contribution in [3.8, 4) is 0 Å². The van der Waals surface area contributed by atoms with Gasteiger partial charge in [-0.15, -0.1) is 0 Å². The van der Waals surface area contributed by atoms with E-state index >= 15 is 0 Å². The van der Waals surface area contributed by atoms with Crippen molar-refractivity contribution in [3.63, 3.8) is 0 Å². The van der Waals surface area contributed by atoms with Crippen LogP contribution in [0.2, 0.25) is 0 Å². The second-order valence-corrected chi connectivity index (χ2v) is 3.21. The Kier molecular flexibility index (Phi) is 6.07. The van der Waals surface area contributed by atoms with Gasteiger partial charge in [0.25, 0.3) is 5.79 Å². The van der Waals surface area contributed by atoms with Crippen molar-refractivity contribution in [3.05, 3.63) is 25.7 Å². The summed E-state index contributed by atoms with van der Waals surface area (Å²) in [6.45, 7) is 10.5. The van der Waals surface area contributed by atoms with Gasteiger partial charge < -0.3 is 19.9 Å². The zero-order chi connectivity index (χ0) is 12.6. The molecule has 0 rings (SSSR count). The lowest BCUT2D eigenvalue weighted by Crippen LogP contribution is -2.46. The monoisotopic (exact) mass is 229 g/mol. The van der Waals surface area contributed by atoms with E-state index in [0.717, 1.165) is 6.42 Å². The molecule has 92 valence electrons. The molecule has 1 unspecified atom stereocenters. The molecular weight excluding hydrogens is 210 g/mol. The van der Waals surface area contributed by atoms with Gasteiger partial charge in [-0.05, 0) is 13.3 Å². The quantitative estimate of drug-likeness (QED) is 0.512. The van der Waals surface area contributed by atoms with Crippen molar-refractivity contribution in [2.75, 3.05) is 0 Å². The number of amides is 1. The summed E-state index contributed by atoms with van der Waals surface area (Å²) in [4.78, 5) is 10.7. The number of ether oxygens (including phenoxy) is 3. The second kappa shape index (κ2) is 6.76. The lowest BCUT2D eigenvalue weighted by Gasteiger charge is -2.35. The van der Waals surface area contributed by atoms with Gasteiger partial charge in [0, 0.05) is 6.42 Å². The first-order chi connectivity index (χ1) is 7.52. The molecule has 0 aromatic rings. The Hall–Kier alpha value is -1.65. The van der Waals surface area contributed by atoms with Crippen molar-refractivity contribution < 1.29 is 19.0 Å². The fourth-order valence-electron chi connectivity index (χ4n) is 1.44. The lowest BCUT2D eigenvalue weighted by molar-refractivity contribution is -0.229. The number of carbonyl (C=O) groups is 1. The molecule has 0 aliphatic rings. The Morgan fingerprint density at radius 3 is 2.25 bits per heavy atom. The molecule has 0 spiro atoms. The number of hydrogen-bond donors (Lipinski definition) is 1. The highest BCUT2D eigenvalue weighted by molar-refractivity contribution is 5.64. The second-order valence-electron chi connectivity index (χ2n) is 3.21. The van der Waals surface area contributed by atoms with Crippen LogP contribution in [0.3, 0.4) is 0 Å². The molecule has 0 heterocycles. The lowest BCUT2D eigenvalue weighted by atomic mass is 10.1. The van der Waals surface area contributed by atoms with Crippen LogP contribution in [0.1, 0.15) is 26.7 Å². The summed E-state index contributed by atoms with van der Waals surface area (Å²) in [6.07, 6.45) is 2.21. The third-order valence-electron chi connectivity index (χ3n) is 2.08. The maximum Gasteiger partial charge on any atom is 0.405 e. The predicted octanol–water partition coefficient (Wildman–Crippen LogP) is 2.29. The molecule has 0 aliphatic heterocycles. The van der Waals surface area contributed by atoms with E-state index in [2.05, 4.69) is 13.2 Å². The van der Waals surface area contributed by atoms with Gasteiger partial charge in [-0.25, -0.2) is 4.79 Å². The maximum absolute atomic E-state index is 10.7. The van der Waals surface area contributed by atoms with Gasteiger partial charge in [-0.3, -0.25) is 0 Å². The molecule has 0 aromatic heterocycles. The van der Waals surface area contributed by atoms with Crippen molar-refractivity contribution in [2.24, 2.45) is 5.73 Å². The number of primary amides is 1. The molecule has 1 atom stereocenters. The van der Waals surface area contributed by atoms with Crippen LogP contribution in [0, 0.1) is 0 Å². The molecule has 0 bridgehead atoms. The van der Waals surface area contributed by atoms with Gasteiger partial charge in [-0.1, -0.05) is 20.1 Å². The van der Waals surface area contributed by atoms with E-state index in [4.69, 9.17) is 19.9 Å². The average molecular weight is 229 g/mol. The highest BCUT2D eigenvalue weighted by atomic mass is 16.7. The minimum absolute atomic E-state index is 0.513. The van der Waals surface area contributed by atoms with Crippen LogP contribution < -0.4 is 5.73 Å². The minimum Gasteiger partial charge on any atom is -0.457 e. The highest BCUT2D eigenvalue weighted by Gasteiger charge is 2.41. The van der Waals surface area contributed by atoms with Gasteiger partial charge >= 0.3 is 6.09 Å². The van der Waals surface area contributed by atoms with Gasteiger partial charge in [-0.2, -0.15) is 0 Å². The summed E-state index contributed by atoms with van der Waals surface area (Å²) in [7, 11) is 0. The highest BCUT2D eigenvalue weighted by Crippen LogP contribution is 2.27. The van der Waals surface area contributed by atoms with Gasteiger partial charge in [0.2, 0.25) is 0 Å². The van der Waals surface area contributed by atoms with E-state index in [1.165, 1.54) is 12.5 Å². The summed E-state index contributed by atoms with van der Waals surface area (Å²) in [5.41, 5.74) is 4.95. The molecule has 0 saturated carbocycles. The summed E-state index contributed by atoms with van der Waals surface area (Å²) in [5, 5.41) is 0. The van der Waals surface area contributed by atoms with Crippen molar-refractivity contribution >= 4 is 6.09 Å². The van der Waals surface area contributed by atoms with Gasteiger partial charge in [0.05, 0.1) is 12.5 Å². The first-order valence-electron chi connectivity index (χ1n) is 5.06. The molecule has 0 fully saturated rings. The van der Waals surface area contributed by atoms with E-state index < -0.39 is 18.0 Å². The van der Waals surface area contributed by atoms with Crippen molar-refractivity contribution in [1.82, 2.24) is 0 Å². The SMILES string of the molecule is C=COC(CCC)(OC=C)C(C)OC(N)=O.